The number of nitrogens with zero attached hydrogens (tertiary/aromatic N) is 1. The highest BCUT2D eigenvalue weighted by atomic mass is 16.6. The highest BCUT2D eigenvalue weighted by Crippen LogP contribution is 2.16. The summed E-state index contributed by atoms with van der Waals surface area (Å²) < 4.78 is 15.8. The van der Waals surface area contributed by atoms with Crippen molar-refractivity contribution in [3.63, 3.8) is 0 Å². The SMILES string of the molecule is COCCCN(CC(=O)OC(C)(C)C)C(=O)/C(C)=C/c1ccc(C(=O)Oc2ccc(C(=N)N)cc2)cc1. The van der Waals surface area contributed by atoms with Crippen molar-refractivity contribution < 1.29 is 28.6 Å². The molecule has 0 spiro atoms. The van der Waals surface area contributed by atoms with Gasteiger partial charge in [0.05, 0.1) is 5.56 Å². The third kappa shape index (κ3) is 9.89. The van der Waals surface area contributed by atoms with Gasteiger partial charge in [0.15, 0.2) is 0 Å². The monoisotopic (exact) mass is 509 g/mol. The number of ether oxygens (including phenoxy) is 3. The molecule has 0 aromatic heterocycles. The van der Waals surface area contributed by atoms with Gasteiger partial charge in [0.2, 0.25) is 5.91 Å². The number of carbonyl (C=O) groups is 3. The topological polar surface area (TPSA) is 132 Å². The summed E-state index contributed by atoms with van der Waals surface area (Å²) in [5, 5.41) is 7.42. The zero-order chi connectivity index (χ0) is 27.6. The molecule has 0 radical (unpaired) electrons. The summed E-state index contributed by atoms with van der Waals surface area (Å²) in [7, 11) is 1.58. The molecule has 0 aliphatic carbocycles. The maximum atomic E-state index is 13.1. The van der Waals surface area contributed by atoms with Gasteiger partial charge in [0, 0.05) is 31.4 Å². The fourth-order valence-corrected chi connectivity index (χ4v) is 3.33. The molecule has 9 nitrogen and oxygen atoms in total. The van der Waals surface area contributed by atoms with E-state index in [4.69, 9.17) is 25.4 Å². The Hall–Kier alpha value is -3.98. The van der Waals surface area contributed by atoms with Gasteiger partial charge in [0.25, 0.3) is 0 Å². The lowest BCUT2D eigenvalue weighted by atomic mass is 10.1. The molecule has 0 atom stereocenters. The molecule has 0 saturated carbocycles. The first-order valence-corrected chi connectivity index (χ1v) is 11.8. The van der Waals surface area contributed by atoms with Crippen molar-refractivity contribution in [3.05, 3.63) is 70.8 Å². The Bertz CT molecular complexity index is 1130. The van der Waals surface area contributed by atoms with Crippen LogP contribution >= 0.6 is 0 Å². The first-order valence-electron chi connectivity index (χ1n) is 11.8. The largest absolute Gasteiger partial charge is 0.459 e. The lowest BCUT2D eigenvalue weighted by molar-refractivity contribution is -0.158. The Morgan fingerprint density at radius 1 is 1.00 bits per heavy atom. The predicted molar refractivity (Wildman–Crippen MR) is 141 cm³/mol. The average Bonchev–Trinajstić information content (AvgIpc) is 2.82. The molecule has 0 aliphatic rings. The van der Waals surface area contributed by atoms with E-state index in [0.717, 1.165) is 0 Å². The van der Waals surface area contributed by atoms with Gasteiger partial charge < -0.3 is 24.8 Å². The van der Waals surface area contributed by atoms with E-state index in [0.29, 0.717) is 47.6 Å². The number of carbonyl (C=O) groups excluding carboxylic acids is 3. The van der Waals surface area contributed by atoms with Crippen LogP contribution in [0, 0.1) is 5.41 Å². The Labute approximate surface area is 217 Å². The zero-order valence-corrected chi connectivity index (χ0v) is 22.0. The molecule has 2 aromatic rings. The molecule has 37 heavy (non-hydrogen) atoms. The molecule has 2 rings (SSSR count). The van der Waals surface area contributed by atoms with Crippen molar-refractivity contribution in [2.24, 2.45) is 5.73 Å². The lowest BCUT2D eigenvalue weighted by Gasteiger charge is -2.25. The van der Waals surface area contributed by atoms with Crippen LogP contribution in [0.15, 0.2) is 54.1 Å². The van der Waals surface area contributed by atoms with Gasteiger partial charge >= 0.3 is 11.9 Å². The van der Waals surface area contributed by atoms with E-state index in [9.17, 15) is 14.4 Å². The van der Waals surface area contributed by atoms with Crippen LogP contribution in [0.5, 0.6) is 5.75 Å². The van der Waals surface area contributed by atoms with Crippen molar-refractivity contribution in [2.75, 3.05) is 26.8 Å². The van der Waals surface area contributed by atoms with Crippen molar-refractivity contribution in [1.82, 2.24) is 4.90 Å². The Balaban J connectivity index is 2.08. The van der Waals surface area contributed by atoms with Gasteiger partial charge in [-0.2, -0.15) is 0 Å². The molecule has 9 heteroatoms. The summed E-state index contributed by atoms with van der Waals surface area (Å²) in [5.74, 6) is -1.05. The maximum Gasteiger partial charge on any atom is 0.343 e. The number of nitrogens with two attached hydrogens (primary N) is 1. The first kappa shape index (κ1) is 29.3. The molecule has 0 fully saturated rings. The smallest absolute Gasteiger partial charge is 0.343 e. The summed E-state index contributed by atoms with van der Waals surface area (Å²) in [6.07, 6.45) is 2.27. The minimum absolute atomic E-state index is 0.0711. The normalized spacial score (nSPS) is 11.5. The molecule has 3 N–H and O–H groups in total. The summed E-state index contributed by atoms with van der Waals surface area (Å²) in [6, 6.07) is 12.9. The second kappa shape index (κ2) is 13.4. The fourth-order valence-electron chi connectivity index (χ4n) is 3.33. The number of rotatable bonds is 11. The van der Waals surface area contributed by atoms with Gasteiger partial charge in [-0.3, -0.25) is 15.0 Å². The molecule has 0 saturated heterocycles. The molecule has 0 bridgehead atoms. The lowest BCUT2D eigenvalue weighted by Crippen LogP contribution is -2.40. The molecule has 2 aromatic carbocycles. The number of hydrogen-bond acceptors (Lipinski definition) is 7. The Morgan fingerprint density at radius 2 is 1.59 bits per heavy atom. The van der Waals surface area contributed by atoms with Crippen LogP contribution < -0.4 is 10.5 Å². The number of esters is 2. The number of nitrogens with one attached hydrogen (secondary N) is 1. The van der Waals surface area contributed by atoms with Gasteiger partial charge in [-0.25, -0.2) is 4.79 Å². The first-order chi connectivity index (χ1) is 17.4. The fraction of sp³-hybridized carbons (Fsp3) is 0.357. The van der Waals surface area contributed by atoms with E-state index >= 15 is 0 Å². The second-order valence-electron chi connectivity index (χ2n) is 9.44. The minimum Gasteiger partial charge on any atom is -0.459 e. The third-order valence-electron chi connectivity index (χ3n) is 5.05. The van der Waals surface area contributed by atoms with Crippen LogP contribution in [-0.4, -0.2) is 61.0 Å². The number of amidine groups is 1. The van der Waals surface area contributed by atoms with Gasteiger partial charge in [0.1, 0.15) is 23.7 Å². The molecule has 0 aliphatic heterocycles. The van der Waals surface area contributed by atoms with Crippen molar-refractivity contribution in [1.29, 1.82) is 5.41 Å². The van der Waals surface area contributed by atoms with Crippen molar-refractivity contribution in [3.8, 4) is 5.75 Å². The zero-order valence-electron chi connectivity index (χ0n) is 22.0. The molecule has 0 unspecified atom stereocenters. The van der Waals surface area contributed by atoms with Gasteiger partial charge in [-0.05, 0) is 82.2 Å². The number of amides is 1. The second-order valence-corrected chi connectivity index (χ2v) is 9.44. The molecular formula is C28H35N3O6. The standard InChI is InChI=1S/C28H35N3O6/c1-19(26(33)31(15-6-16-35-5)18-24(32)37-28(2,3)4)17-20-7-9-22(10-8-20)27(34)36-23-13-11-21(12-14-23)25(29)30/h7-14,17H,6,15-16,18H2,1-5H3,(H3,29,30)/b19-17+. The van der Waals surface area contributed by atoms with Crippen LogP contribution in [0.3, 0.4) is 0 Å². The minimum atomic E-state index is -0.649. The molecule has 0 heterocycles. The summed E-state index contributed by atoms with van der Waals surface area (Å²) >= 11 is 0. The summed E-state index contributed by atoms with van der Waals surface area (Å²) in [6.45, 7) is 7.63. The van der Waals surface area contributed by atoms with Crippen LogP contribution in [0.1, 0.15) is 55.6 Å². The number of nitrogen functional groups attached to an aromatic ring is 1. The Kier molecular flexibility index (Phi) is 10.6. The predicted octanol–water partition coefficient (Wildman–Crippen LogP) is 3.80. The highest BCUT2D eigenvalue weighted by molar-refractivity contribution is 5.99. The van der Waals surface area contributed by atoms with E-state index in [-0.39, 0.29) is 18.3 Å². The average molecular weight is 510 g/mol. The number of methoxy groups -OCH3 is 1. The molecule has 198 valence electrons. The highest BCUT2D eigenvalue weighted by Gasteiger charge is 2.23. The van der Waals surface area contributed by atoms with E-state index in [1.165, 1.54) is 4.90 Å². The van der Waals surface area contributed by atoms with Crippen LogP contribution in [0.25, 0.3) is 6.08 Å². The quantitative estimate of drug-likeness (QED) is 0.118. The summed E-state index contributed by atoms with van der Waals surface area (Å²) in [4.78, 5) is 39.4. The number of benzene rings is 2. The molecule has 1 amide bonds. The number of hydrogen-bond donors (Lipinski definition) is 2. The van der Waals surface area contributed by atoms with Crippen LogP contribution in [-0.2, 0) is 19.1 Å². The third-order valence-corrected chi connectivity index (χ3v) is 5.05. The van der Waals surface area contributed by atoms with Crippen molar-refractivity contribution in [2.45, 2.75) is 39.7 Å². The van der Waals surface area contributed by atoms with E-state index in [1.807, 2.05) is 0 Å². The van der Waals surface area contributed by atoms with Crippen molar-refractivity contribution >= 4 is 29.8 Å². The maximum absolute atomic E-state index is 13.1. The van der Waals surface area contributed by atoms with Crippen LogP contribution in [0.2, 0.25) is 0 Å². The van der Waals surface area contributed by atoms with Gasteiger partial charge in [-0.15, -0.1) is 0 Å². The van der Waals surface area contributed by atoms with E-state index < -0.39 is 17.5 Å². The molecular weight excluding hydrogens is 474 g/mol. The van der Waals surface area contributed by atoms with E-state index in [2.05, 4.69) is 0 Å². The van der Waals surface area contributed by atoms with Gasteiger partial charge in [-0.1, -0.05) is 12.1 Å². The Morgan fingerprint density at radius 3 is 2.14 bits per heavy atom. The van der Waals surface area contributed by atoms with E-state index in [1.54, 1.807) is 89.4 Å². The van der Waals surface area contributed by atoms with Crippen LogP contribution in [0.4, 0.5) is 0 Å². The summed E-state index contributed by atoms with van der Waals surface area (Å²) in [5.41, 5.74) is 6.79.